The lowest BCUT2D eigenvalue weighted by molar-refractivity contribution is -0.0332. The van der Waals surface area contributed by atoms with E-state index in [9.17, 15) is 0 Å². The minimum absolute atomic E-state index is 0.0789. The van der Waals surface area contributed by atoms with E-state index >= 15 is 0 Å². The molecule has 0 bridgehead atoms. The van der Waals surface area contributed by atoms with Crippen molar-refractivity contribution >= 4 is 23.2 Å². The molecule has 0 spiro atoms. The minimum Gasteiger partial charge on any atom is -0.371 e. The first kappa shape index (κ1) is 14.8. The van der Waals surface area contributed by atoms with Gasteiger partial charge in [-0.15, -0.1) is 0 Å². The first-order valence-corrected chi connectivity index (χ1v) is 7.67. The maximum absolute atomic E-state index is 5.94. The molecule has 3 rings (SSSR count). The van der Waals surface area contributed by atoms with Gasteiger partial charge < -0.3 is 4.74 Å². The third-order valence-electron chi connectivity index (χ3n) is 3.55. The molecule has 0 amide bonds. The molecule has 110 valence electrons. The smallest absolute Gasteiger partial charge is 0.129 e. The topological polar surface area (TPSA) is 25.4 Å². The molecular weight excluding hydrogens is 307 g/mol. The van der Waals surface area contributed by atoms with Gasteiger partial charge in [0, 0.05) is 24.7 Å². The average molecular weight is 323 g/mol. The summed E-state index contributed by atoms with van der Waals surface area (Å²) in [4.78, 5) is 6.68. The largest absolute Gasteiger partial charge is 0.371 e. The quantitative estimate of drug-likeness (QED) is 0.800. The minimum atomic E-state index is 0.0789. The zero-order valence-electron chi connectivity index (χ0n) is 11.5. The van der Waals surface area contributed by atoms with Crippen molar-refractivity contribution in [3.8, 4) is 0 Å². The SMILES string of the molecule is Clc1ccc([C@H]2CN(Cc3cccc(Cl)n3)CCO2)cc1. The summed E-state index contributed by atoms with van der Waals surface area (Å²) in [6, 6.07) is 13.6. The van der Waals surface area contributed by atoms with E-state index in [1.165, 1.54) is 0 Å². The van der Waals surface area contributed by atoms with E-state index in [1.54, 1.807) is 6.07 Å². The molecule has 0 aliphatic carbocycles. The van der Waals surface area contributed by atoms with Gasteiger partial charge >= 0.3 is 0 Å². The first-order chi connectivity index (χ1) is 10.2. The predicted molar refractivity (Wildman–Crippen MR) is 84.7 cm³/mol. The predicted octanol–water partition coefficient (Wildman–Crippen LogP) is 3.96. The highest BCUT2D eigenvalue weighted by molar-refractivity contribution is 6.30. The fourth-order valence-electron chi connectivity index (χ4n) is 2.49. The Bertz CT molecular complexity index is 603. The molecule has 1 aliphatic rings. The Morgan fingerprint density at radius 1 is 1.14 bits per heavy atom. The highest BCUT2D eigenvalue weighted by Gasteiger charge is 2.22. The molecule has 0 radical (unpaired) electrons. The molecule has 2 heterocycles. The van der Waals surface area contributed by atoms with Crippen LogP contribution in [0.3, 0.4) is 0 Å². The number of hydrogen-bond donors (Lipinski definition) is 0. The van der Waals surface area contributed by atoms with E-state index < -0.39 is 0 Å². The second-order valence-electron chi connectivity index (χ2n) is 5.10. The van der Waals surface area contributed by atoms with Gasteiger partial charge in [0.25, 0.3) is 0 Å². The van der Waals surface area contributed by atoms with Gasteiger partial charge in [-0.25, -0.2) is 4.98 Å². The summed E-state index contributed by atoms with van der Waals surface area (Å²) < 4.78 is 5.86. The Hall–Kier alpha value is -1.13. The molecule has 1 aliphatic heterocycles. The van der Waals surface area contributed by atoms with Gasteiger partial charge in [-0.2, -0.15) is 0 Å². The van der Waals surface area contributed by atoms with Gasteiger partial charge in [-0.1, -0.05) is 41.4 Å². The standard InChI is InChI=1S/C16H16Cl2N2O/c17-13-6-4-12(5-7-13)15-11-20(8-9-21-15)10-14-2-1-3-16(18)19-14/h1-7,15H,8-11H2/t15-/m1/s1. The van der Waals surface area contributed by atoms with Crippen molar-refractivity contribution in [2.75, 3.05) is 19.7 Å². The number of morpholine rings is 1. The zero-order valence-corrected chi connectivity index (χ0v) is 13.0. The number of hydrogen-bond acceptors (Lipinski definition) is 3. The molecule has 1 aromatic heterocycles. The highest BCUT2D eigenvalue weighted by Crippen LogP contribution is 2.24. The molecule has 5 heteroatoms. The summed E-state index contributed by atoms with van der Waals surface area (Å²) in [7, 11) is 0. The molecule has 0 saturated carbocycles. The van der Waals surface area contributed by atoms with Crippen LogP contribution in [0.2, 0.25) is 10.2 Å². The lowest BCUT2D eigenvalue weighted by atomic mass is 10.1. The molecule has 3 nitrogen and oxygen atoms in total. The van der Waals surface area contributed by atoms with Crippen LogP contribution in [0.5, 0.6) is 0 Å². The van der Waals surface area contributed by atoms with Crippen LogP contribution >= 0.6 is 23.2 Å². The zero-order chi connectivity index (χ0) is 14.7. The van der Waals surface area contributed by atoms with E-state index in [0.717, 1.165) is 35.9 Å². The molecule has 1 saturated heterocycles. The molecule has 0 N–H and O–H groups in total. The number of aromatic nitrogens is 1. The summed E-state index contributed by atoms with van der Waals surface area (Å²) in [5.41, 5.74) is 2.14. The van der Waals surface area contributed by atoms with E-state index in [1.807, 2.05) is 36.4 Å². The Labute approximate surface area is 134 Å². The molecule has 0 unspecified atom stereocenters. The summed E-state index contributed by atoms with van der Waals surface area (Å²) in [5, 5.41) is 1.28. The monoisotopic (exact) mass is 322 g/mol. The van der Waals surface area contributed by atoms with Crippen molar-refractivity contribution < 1.29 is 4.74 Å². The van der Waals surface area contributed by atoms with E-state index in [4.69, 9.17) is 27.9 Å². The number of halogens is 2. The Balaban J connectivity index is 1.67. The number of rotatable bonds is 3. The van der Waals surface area contributed by atoms with E-state index in [-0.39, 0.29) is 6.10 Å². The third kappa shape index (κ3) is 3.95. The van der Waals surface area contributed by atoms with Gasteiger partial charge in [0.15, 0.2) is 0 Å². The fraction of sp³-hybridized carbons (Fsp3) is 0.312. The van der Waals surface area contributed by atoms with Crippen molar-refractivity contribution in [1.82, 2.24) is 9.88 Å². The van der Waals surface area contributed by atoms with Crippen molar-refractivity contribution in [2.24, 2.45) is 0 Å². The van der Waals surface area contributed by atoms with Crippen LogP contribution < -0.4 is 0 Å². The summed E-state index contributed by atoms with van der Waals surface area (Å²) in [6.45, 7) is 3.25. The van der Waals surface area contributed by atoms with Crippen LogP contribution in [-0.2, 0) is 11.3 Å². The van der Waals surface area contributed by atoms with Gasteiger partial charge in [-0.3, -0.25) is 4.90 Å². The van der Waals surface area contributed by atoms with Gasteiger partial charge in [-0.05, 0) is 29.8 Å². The summed E-state index contributed by atoms with van der Waals surface area (Å²) in [6.07, 6.45) is 0.0789. The number of nitrogens with zero attached hydrogens (tertiary/aromatic N) is 2. The second kappa shape index (κ2) is 6.75. The van der Waals surface area contributed by atoms with E-state index in [0.29, 0.717) is 11.8 Å². The van der Waals surface area contributed by atoms with Crippen LogP contribution in [0, 0.1) is 0 Å². The average Bonchev–Trinajstić information content (AvgIpc) is 2.48. The van der Waals surface area contributed by atoms with Gasteiger partial charge in [0.2, 0.25) is 0 Å². The summed E-state index contributed by atoms with van der Waals surface area (Å²) >= 11 is 11.9. The van der Waals surface area contributed by atoms with Crippen molar-refractivity contribution in [3.05, 3.63) is 63.9 Å². The van der Waals surface area contributed by atoms with Crippen molar-refractivity contribution in [1.29, 1.82) is 0 Å². The highest BCUT2D eigenvalue weighted by atomic mass is 35.5. The van der Waals surface area contributed by atoms with Crippen LogP contribution in [0.15, 0.2) is 42.5 Å². The number of benzene rings is 1. The second-order valence-corrected chi connectivity index (χ2v) is 5.92. The Morgan fingerprint density at radius 3 is 2.71 bits per heavy atom. The lowest BCUT2D eigenvalue weighted by Gasteiger charge is -2.33. The number of ether oxygens (including phenoxy) is 1. The normalized spacial score (nSPS) is 19.6. The maximum Gasteiger partial charge on any atom is 0.129 e. The number of pyridine rings is 1. The molecule has 21 heavy (non-hydrogen) atoms. The van der Waals surface area contributed by atoms with Crippen LogP contribution in [-0.4, -0.2) is 29.6 Å². The first-order valence-electron chi connectivity index (χ1n) is 6.91. The van der Waals surface area contributed by atoms with Gasteiger partial charge in [0.05, 0.1) is 18.4 Å². The van der Waals surface area contributed by atoms with E-state index in [2.05, 4.69) is 9.88 Å². The molecule has 1 aromatic carbocycles. The van der Waals surface area contributed by atoms with Gasteiger partial charge in [0.1, 0.15) is 5.15 Å². The molecule has 2 aromatic rings. The lowest BCUT2D eigenvalue weighted by Crippen LogP contribution is -2.38. The molecule has 1 atom stereocenters. The summed E-state index contributed by atoms with van der Waals surface area (Å²) in [5.74, 6) is 0. The van der Waals surface area contributed by atoms with Crippen molar-refractivity contribution in [2.45, 2.75) is 12.6 Å². The Morgan fingerprint density at radius 2 is 1.95 bits per heavy atom. The molecule has 1 fully saturated rings. The fourth-order valence-corrected chi connectivity index (χ4v) is 2.80. The van der Waals surface area contributed by atoms with Crippen LogP contribution in [0.4, 0.5) is 0 Å². The van der Waals surface area contributed by atoms with Crippen LogP contribution in [0.1, 0.15) is 17.4 Å². The third-order valence-corrected chi connectivity index (χ3v) is 4.01. The maximum atomic E-state index is 5.94. The Kier molecular flexibility index (Phi) is 4.76. The molecular formula is C16H16Cl2N2O. The van der Waals surface area contributed by atoms with Crippen LogP contribution in [0.25, 0.3) is 0 Å². The van der Waals surface area contributed by atoms with Crippen molar-refractivity contribution in [3.63, 3.8) is 0 Å².